The Morgan fingerprint density at radius 3 is 2.95 bits per heavy atom. The van der Waals surface area contributed by atoms with E-state index >= 15 is 0 Å². The van der Waals surface area contributed by atoms with Crippen LogP contribution in [0, 0.1) is 0 Å². The first kappa shape index (κ1) is 14.1. The van der Waals surface area contributed by atoms with Gasteiger partial charge in [0, 0.05) is 12.2 Å². The van der Waals surface area contributed by atoms with Gasteiger partial charge in [-0.3, -0.25) is 0 Å². The summed E-state index contributed by atoms with van der Waals surface area (Å²) in [5.41, 5.74) is 3.77. The van der Waals surface area contributed by atoms with Gasteiger partial charge in [0.25, 0.3) is 0 Å². The van der Waals surface area contributed by atoms with Crippen LogP contribution in [0.3, 0.4) is 0 Å². The maximum absolute atomic E-state index is 12.7. The standard InChI is InChI=1S/C18H24N2O2/c21-18(19-15-9-8-13-4-3-5-14(13)12-15)20-10-11-22-17-7-2-1-6-16(17)20/h8-9,12,16-17H,1-7,10-11H2,(H,19,21)/t16-,17-/m0/s1. The van der Waals surface area contributed by atoms with Gasteiger partial charge in [-0.15, -0.1) is 0 Å². The summed E-state index contributed by atoms with van der Waals surface area (Å²) < 4.78 is 5.85. The number of hydrogen-bond donors (Lipinski definition) is 1. The van der Waals surface area contributed by atoms with Gasteiger partial charge >= 0.3 is 6.03 Å². The first-order chi connectivity index (χ1) is 10.8. The highest BCUT2D eigenvalue weighted by Crippen LogP contribution is 2.29. The molecule has 4 nitrogen and oxygen atoms in total. The number of carbonyl (C=O) groups excluding carboxylic acids is 1. The Hall–Kier alpha value is -1.55. The van der Waals surface area contributed by atoms with Crippen molar-refractivity contribution in [3.63, 3.8) is 0 Å². The average Bonchev–Trinajstić information content (AvgIpc) is 3.02. The van der Waals surface area contributed by atoms with Crippen LogP contribution in [0.25, 0.3) is 0 Å². The van der Waals surface area contributed by atoms with E-state index in [4.69, 9.17) is 4.74 Å². The Morgan fingerprint density at radius 1 is 1.14 bits per heavy atom. The molecule has 4 rings (SSSR count). The summed E-state index contributed by atoms with van der Waals surface area (Å²) >= 11 is 0. The van der Waals surface area contributed by atoms with E-state index in [0.717, 1.165) is 24.9 Å². The second-order valence-corrected chi connectivity index (χ2v) is 6.72. The quantitative estimate of drug-likeness (QED) is 0.864. The summed E-state index contributed by atoms with van der Waals surface area (Å²) in [6.07, 6.45) is 8.38. The van der Waals surface area contributed by atoms with E-state index in [0.29, 0.717) is 13.2 Å². The van der Waals surface area contributed by atoms with Crippen LogP contribution in [0.15, 0.2) is 18.2 Å². The first-order valence-electron chi connectivity index (χ1n) is 8.62. The summed E-state index contributed by atoms with van der Waals surface area (Å²) in [4.78, 5) is 14.7. The van der Waals surface area contributed by atoms with Crippen LogP contribution in [0.5, 0.6) is 0 Å². The van der Waals surface area contributed by atoms with Crippen LogP contribution in [0.4, 0.5) is 10.5 Å². The molecule has 1 saturated carbocycles. The second-order valence-electron chi connectivity index (χ2n) is 6.72. The van der Waals surface area contributed by atoms with Crippen molar-refractivity contribution < 1.29 is 9.53 Å². The predicted octanol–water partition coefficient (Wildman–Crippen LogP) is 3.35. The van der Waals surface area contributed by atoms with Gasteiger partial charge < -0.3 is 15.0 Å². The van der Waals surface area contributed by atoms with Crippen molar-refractivity contribution in [3.05, 3.63) is 29.3 Å². The Balaban J connectivity index is 1.47. The van der Waals surface area contributed by atoms with Crippen LogP contribution in [0.1, 0.15) is 43.2 Å². The largest absolute Gasteiger partial charge is 0.374 e. The minimum absolute atomic E-state index is 0.0400. The third kappa shape index (κ3) is 2.60. The van der Waals surface area contributed by atoms with Gasteiger partial charge in [0.1, 0.15) is 0 Å². The maximum atomic E-state index is 12.7. The molecule has 1 saturated heterocycles. The van der Waals surface area contributed by atoms with Crippen LogP contribution in [-0.4, -0.2) is 36.2 Å². The van der Waals surface area contributed by atoms with Crippen molar-refractivity contribution >= 4 is 11.7 Å². The minimum atomic E-state index is 0.0400. The number of carbonyl (C=O) groups is 1. The number of benzene rings is 1. The summed E-state index contributed by atoms with van der Waals surface area (Å²) in [5.74, 6) is 0. The van der Waals surface area contributed by atoms with Crippen molar-refractivity contribution in [1.29, 1.82) is 0 Å². The first-order valence-corrected chi connectivity index (χ1v) is 8.62. The van der Waals surface area contributed by atoms with E-state index in [2.05, 4.69) is 17.4 Å². The van der Waals surface area contributed by atoms with Crippen molar-refractivity contribution in [1.82, 2.24) is 4.90 Å². The molecule has 0 spiro atoms. The summed E-state index contributed by atoms with van der Waals surface area (Å²) in [6, 6.07) is 6.66. The molecule has 2 amide bonds. The number of rotatable bonds is 1. The fourth-order valence-electron chi connectivity index (χ4n) is 4.19. The average molecular weight is 300 g/mol. The number of hydrogen-bond acceptors (Lipinski definition) is 2. The highest BCUT2D eigenvalue weighted by atomic mass is 16.5. The van der Waals surface area contributed by atoms with Gasteiger partial charge in [-0.05, 0) is 55.4 Å². The number of anilines is 1. The van der Waals surface area contributed by atoms with Crippen LogP contribution >= 0.6 is 0 Å². The smallest absolute Gasteiger partial charge is 0.322 e. The number of nitrogens with zero attached hydrogens (tertiary/aromatic N) is 1. The Morgan fingerprint density at radius 2 is 2.00 bits per heavy atom. The maximum Gasteiger partial charge on any atom is 0.322 e. The van der Waals surface area contributed by atoms with Gasteiger partial charge in [0.05, 0.1) is 18.8 Å². The number of aryl methyl sites for hydroxylation is 2. The Kier molecular flexibility index (Phi) is 3.78. The zero-order chi connectivity index (χ0) is 14.9. The van der Waals surface area contributed by atoms with E-state index in [1.807, 2.05) is 11.0 Å². The predicted molar refractivity (Wildman–Crippen MR) is 86.2 cm³/mol. The number of morpholine rings is 1. The molecule has 22 heavy (non-hydrogen) atoms. The minimum Gasteiger partial charge on any atom is -0.374 e. The summed E-state index contributed by atoms with van der Waals surface area (Å²) in [5, 5.41) is 3.11. The lowest BCUT2D eigenvalue weighted by Crippen LogP contribution is -2.55. The van der Waals surface area contributed by atoms with Crippen molar-refractivity contribution in [2.45, 2.75) is 57.1 Å². The van der Waals surface area contributed by atoms with Gasteiger partial charge in [-0.1, -0.05) is 18.9 Å². The van der Waals surface area contributed by atoms with E-state index in [9.17, 15) is 4.79 Å². The molecule has 1 heterocycles. The topological polar surface area (TPSA) is 41.6 Å². The molecule has 2 fully saturated rings. The molecule has 118 valence electrons. The molecule has 2 aliphatic carbocycles. The molecule has 2 atom stereocenters. The highest BCUT2D eigenvalue weighted by Gasteiger charge is 2.36. The molecule has 1 aromatic carbocycles. The van der Waals surface area contributed by atoms with Gasteiger partial charge in [-0.25, -0.2) is 4.79 Å². The molecule has 1 aromatic rings. The monoisotopic (exact) mass is 300 g/mol. The number of nitrogens with one attached hydrogen (secondary N) is 1. The number of urea groups is 1. The SMILES string of the molecule is O=C(Nc1ccc2c(c1)CCC2)N1CCO[C@H]2CCCC[C@@H]21. The van der Waals surface area contributed by atoms with Crippen molar-refractivity contribution in [3.8, 4) is 0 Å². The Bertz CT molecular complexity index is 570. The molecule has 3 aliphatic rings. The molecule has 1 N–H and O–H groups in total. The molecule has 1 aliphatic heterocycles. The molecule has 0 radical (unpaired) electrons. The van der Waals surface area contributed by atoms with Gasteiger partial charge in [-0.2, -0.15) is 0 Å². The lowest BCUT2D eigenvalue weighted by molar-refractivity contribution is -0.0694. The number of ether oxygens (including phenoxy) is 1. The lowest BCUT2D eigenvalue weighted by Gasteiger charge is -2.43. The third-order valence-corrected chi connectivity index (χ3v) is 5.34. The molecular weight excluding hydrogens is 276 g/mol. The van der Waals surface area contributed by atoms with Gasteiger partial charge in [0.2, 0.25) is 0 Å². The number of fused-ring (bicyclic) bond motifs is 2. The summed E-state index contributed by atoms with van der Waals surface area (Å²) in [6.45, 7) is 1.37. The van der Waals surface area contributed by atoms with E-state index < -0.39 is 0 Å². The lowest BCUT2D eigenvalue weighted by atomic mass is 9.90. The van der Waals surface area contributed by atoms with Crippen LogP contribution < -0.4 is 5.32 Å². The zero-order valence-electron chi connectivity index (χ0n) is 13.0. The van der Waals surface area contributed by atoms with Gasteiger partial charge in [0.15, 0.2) is 0 Å². The van der Waals surface area contributed by atoms with E-state index in [-0.39, 0.29) is 18.2 Å². The van der Waals surface area contributed by atoms with Crippen LogP contribution in [-0.2, 0) is 17.6 Å². The van der Waals surface area contributed by atoms with E-state index in [1.54, 1.807) is 0 Å². The fourth-order valence-corrected chi connectivity index (χ4v) is 4.19. The highest BCUT2D eigenvalue weighted by molar-refractivity contribution is 5.89. The van der Waals surface area contributed by atoms with Crippen molar-refractivity contribution in [2.75, 3.05) is 18.5 Å². The molecule has 0 aromatic heterocycles. The second kappa shape index (κ2) is 5.92. The molecule has 4 heteroatoms. The zero-order valence-corrected chi connectivity index (χ0v) is 13.0. The molecule has 0 unspecified atom stereocenters. The molecular formula is C18H24N2O2. The third-order valence-electron chi connectivity index (χ3n) is 5.34. The van der Waals surface area contributed by atoms with E-state index in [1.165, 1.54) is 36.8 Å². The molecule has 0 bridgehead atoms. The summed E-state index contributed by atoms with van der Waals surface area (Å²) in [7, 11) is 0. The van der Waals surface area contributed by atoms with Crippen LogP contribution in [0.2, 0.25) is 0 Å². The van der Waals surface area contributed by atoms with Crippen molar-refractivity contribution in [2.24, 2.45) is 0 Å². The number of amides is 2. The normalized spacial score (nSPS) is 27.2. The fraction of sp³-hybridized carbons (Fsp3) is 0.611. The Labute approximate surface area is 131 Å².